The second-order valence-electron chi connectivity index (χ2n) is 6.92. The molecule has 4 aromatic carbocycles. The predicted molar refractivity (Wildman–Crippen MR) is 127 cm³/mol. The van der Waals surface area contributed by atoms with Gasteiger partial charge < -0.3 is 15.5 Å². The fraction of sp³-hybridized carbons (Fsp3) is 0. The molecule has 0 spiro atoms. The predicted octanol–water partition coefficient (Wildman–Crippen LogP) is 6.34. The highest BCUT2D eigenvalue weighted by atomic mass is 16.3. The minimum absolute atomic E-state index is 0.241. The van der Waals surface area contributed by atoms with Gasteiger partial charge in [0.15, 0.2) is 0 Å². The molecule has 0 unspecified atom stereocenters. The number of rotatable bonds is 6. The number of hydrogen-bond acceptors (Lipinski definition) is 5. The number of nitrogens with zero attached hydrogens (tertiary/aromatic N) is 2. The summed E-state index contributed by atoms with van der Waals surface area (Å²) >= 11 is 0. The van der Waals surface area contributed by atoms with Gasteiger partial charge in [0.1, 0.15) is 11.5 Å². The van der Waals surface area contributed by atoms with Crippen LogP contribution in [0, 0.1) is 0 Å². The Bertz CT molecular complexity index is 1080. The van der Waals surface area contributed by atoms with Crippen molar-refractivity contribution < 1.29 is 10.2 Å². The number of hydrogen-bond donors (Lipinski definition) is 3. The molecule has 5 nitrogen and oxygen atoms in total. The van der Waals surface area contributed by atoms with E-state index in [-0.39, 0.29) is 11.5 Å². The van der Waals surface area contributed by atoms with Gasteiger partial charge in [-0.1, -0.05) is 0 Å². The average molecular weight is 407 g/mol. The molecule has 0 aromatic heterocycles. The summed E-state index contributed by atoms with van der Waals surface area (Å²) in [5.74, 6) is 0.481. The van der Waals surface area contributed by atoms with Gasteiger partial charge >= 0.3 is 0 Å². The van der Waals surface area contributed by atoms with Crippen molar-refractivity contribution in [3.8, 4) is 11.5 Å². The fourth-order valence-corrected chi connectivity index (χ4v) is 2.85. The van der Waals surface area contributed by atoms with E-state index in [4.69, 9.17) is 0 Å². The maximum Gasteiger partial charge on any atom is 0.115 e. The second-order valence-corrected chi connectivity index (χ2v) is 6.92. The van der Waals surface area contributed by atoms with Crippen LogP contribution in [0.5, 0.6) is 11.5 Å². The van der Waals surface area contributed by atoms with Crippen molar-refractivity contribution in [3.63, 3.8) is 0 Å². The van der Waals surface area contributed by atoms with Crippen LogP contribution >= 0.6 is 0 Å². The SMILES string of the molecule is Oc1ccc(C=Nc2ccc(Nc3ccc(N=Cc4ccc(O)cc4)cc3)cc2)cc1. The molecule has 152 valence electrons. The largest absolute Gasteiger partial charge is 0.508 e. The molecule has 0 bridgehead atoms. The molecule has 0 radical (unpaired) electrons. The molecule has 4 rings (SSSR count). The van der Waals surface area contributed by atoms with E-state index in [0.29, 0.717) is 0 Å². The normalized spacial score (nSPS) is 11.2. The minimum Gasteiger partial charge on any atom is -0.508 e. The molecule has 0 heterocycles. The molecular weight excluding hydrogens is 386 g/mol. The summed E-state index contributed by atoms with van der Waals surface area (Å²) in [6.07, 6.45) is 3.53. The number of aliphatic imine (C=N–C) groups is 2. The van der Waals surface area contributed by atoms with Gasteiger partial charge in [0.25, 0.3) is 0 Å². The number of benzene rings is 4. The van der Waals surface area contributed by atoms with Gasteiger partial charge in [-0.3, -0.25) is 9.98 Å². The van der Waals surface area contributed by atoms with Crippen molar-refractivity contribution in [2.45, 2.75) is 0 Å². The molecule has 4 aromatic rings. The Morgan fingerprint density at radius 2 is 0.839 bits per heavy atom. The minimum atomic E-state index is 0.241. The maximum atomic E-state index is 9.33. The number of phenols is 2. The van der Waals surface area contributed by atoms with Crippen LogP contribution in [0.15, 0.2) is 107 Å². The Balaban J connectivity index is 1.35. The topological polar surface area (TPSA) is 77.2 Å². The van der Waals surface area contributed by atoms with Gasteiger partial charge in [-0.25, -0.2) is 0 Å². The highest BCUT2D eigenvalue weighted by Gasteiger charge is 1.97. The first-order valence-electron chi connectivity index (χ1n) is 9.77. The van der Waals surface area contributed by atoms with Crippen molar-refractivity contribution in [1.82, 2.24) is 0 Å². The Morgan fingerprint density at radius 1 is 0.484 bits per heavy atom. The van der Waals surface area contributed by atoms with E-state index in [2.05, 4.69) is 15.3 Å². The molecule has 0 aliphatic rings. The molecule has 31 heavy (non-hydrogen) atoms. The van der Waals surface area contributed by atoms with Gasteiger partial charge in [-0.05, 0) is 108 Å². The summed E-state index contributed by atoms with van der Waals surface area (Å²) in [5, 5.41) is 22.0. The first-order chi connectivity index (χ1) is 15.1. The zero-order valence-corrected chi connectivity index (χ0v) is 16.7. The molecule has 0 aliphatic heterocycles. The summed E-state index contributed by atoms with van der Waals surface area (Å²) in [6, 6.07) is 29.5. The molecule has 0 saturated heterocycles. The summed E-state index contributed by atoms with van der Waals surface area (Å²) in [4.78, 5) is 8.90. The highest BCUT2D eigenvalue weighted by Crippen LogP contribution is 2.23. The van der Waals surface area contributed by atoms with Crippen molar-refractivity contribution in [2.24, 2.45) is 9.98 Å². The summed E-state index contributed by atoms with van der Waals surface area (Å²) in [7, 11) is 0. The van der Waals surface area contributed by atoms with Gasteiger partial charge in [-0.15, -0.1) is 0 Å². The number of nitrogens with one attached hydrogen (secondary N) is 1. The quantitative estimate of drug-likeness (QED) is 0.326. The van der Waals surface area contributed by atoms with Crippen LogP contribution in [0.1, 0.15) is 11.1 Å². The molecule has 0 aliphatic carbocycles. The zero-order valence-electron chi connectivity index (χ0n) is 16.7. The Labute approximate surface area is 180 Å². The first-order valence-corrected chi connectivity index (χ1v) is 9.77. The second kappa shape index (κ2) is 9.41. The summed E-state index contributed by atoms with van der Waals surface area (Å²) in [6.45, 7) is 0. The lowest BCUT2D eigenvalue weighted by molar-refractivity contribution is 0.475. The third-order valence-corrected chi connectivity index (χ3v) is 4.53. The fourth-order valence-electron chi connectivity index (χ4n) is 2.85. The van der Waals surface area contributed by atoms with E-state index in [1.54, 1.807) is 36.7 Å². The van der Waals surface area contributed by atoms with Crippen LogP contribution in [0.3, 0.4) is 0 Å². The third-order valence-electron chi connectivity index (χ3n) is 4.53. The van der Waals surface area contributed by atoms with Crippen molar-refractivity contribution in [2.75, 3.05) is 5.32 Å². The van der Waals surface area contributed by atoms with E-state index in [1.165, 1.54) is 0 Å². The summed E-state index contributed by atoms with van der Waals surface area (Å²) < 4.78 is 0. The first kappa shape index (κ1) is 19.9. The van der Waals surface area contributed by atoms with Crippen molar-refractivity contribution in [1.29, 1.82) is 0 Å². The molecule has 3 N–H and O–H groups in total. The monoisotopic (exact) mass is 407 g/mol. The Hall–Kier alpha value is -4.38. The molecular formula is C26H21N3O2. The van der Waals surface area contributed by atoms with Gasteiger partial charge in [0.2, 0.25) is 0 Å². The molecule has 0 saturated carbocycles. The van der Waals surface area contributed by atoms with Crippen LogP contribution < -0.4 is 5.32 Å². The Morgan fingerprint density at radius 3 is 1.19 bits per heavy atom. The summed E-state index contributed by atoms with van der Waals surface area (Å²) in [5.41, 5.74) is 5.46. The smallest absolute Gasteiger partial charge is 0.115 e. The standard InChI is InChI=1S/C26H21N3O2/c30-25-13-1-19(2-14-25)17-27-21-5-9-23(10-6-21)29-24-11-7-22(8-12-24)28-18-20-3-15-26(31)16-4-20/h1-18,29-31H. The van der Waals surface area contributed by atoms with Crippen molar-refractivity contribution in [3.05, 3.63) is 108 Å². The number of aromatic hydroxyl groups is 2. The maximum absolute atomic E-state index is 9.33. The lowest BCUT2D eigenvalue weighted by Crippen LogP contribution is -1.89. The van der Waals surface area contributed by atoms with Gasteiger partial charge in [0.05, 0.1) is 11.4 Å². The van der Waals surface area contributed by atoms with E-state index in [0.717, 1.165) is 33.9 Å². The van der Waals surface area contributed by atoms with Crippen LogP contribution in [0.4, 0.5) is 22.7 Å². The van der Waals surface area contributed by atoms with Crippen LogP contribution in [-0.2, 0) is 0 Å². The van der Waals surface area contributed by atoms with E-state index >= 15 is 0 Å². The lowest BCUT2D eigenvalue weighted by Gasteiger charge is -2.07. The zero-order chi connectivity index (χ0) is 21.5. The molecule has 0 fully saturated rings. The van der Waals surface area contributed by atoms with Crippen LogP contribution in [0.25, 0.3) is 0 Å². The molecule has 5 heteroatoms. The third kappa shape index (κ3) is 5.81. The van der Waals surface area contributed by atoms with E-state index in [9.17, 15) is 10.2 Å². The van der Waals surface area contributed by atoms with Crippen LogP contribution in [-0.4, -0.2) is 22.6 Å². The van der Waals surface area contributed by atoms with E-state index in [1.807, 2.05) is 72.8 Å². The number of phenolic OH excluding ortho intramolecular Hbond substituents is 2. The molecule has 0 atom stereocenters. The number of anilines is 2. The van der Waals surface area contributed by atoms with E-state index < -0.39 is 0 Å². The van der Waals surface area contributed by atoms with Crippen molar-refractivity contribution >= 4 is 35.2 Å². The highest BCUT2D eigenvalue weighted by molar-refractivity contribution is 5.83. The van der Waals surface area contributed by atoms with Gasteiger partial charge in [0, 0.05) is 23.8 Å². The van der Waals surface area contributed by atoms with Crippen LogP contribution in [0.2, 0.25) is 0 Å². The average Bonchev–Trinajstić information content (AvgIpc) is 2.80. The molecule has 0 amide bonds. The lowest BCUT2D eigenvalue weighted by atomic mass is 10.2. The Kier molecular flexibility index (Phi) is 6.05. The van der Waals surface area contributed by atoms with Gasteiger partial charge in [-0.2, -0.15) is 0 Å².